The first-order valence-corrected chi connectivity index (χ1v) is 29.5. The molecular weight excluding hydrogens is 985 g/mol. The third kappa shape index (κ3) is 16.2. The molecule has 0 atom stereocenters. The molecule has 6 heterocycles. The van der Waals surface area contributed by atoms with Crippen molar-refractivity contribution in [1.29, 1.82) is 0 Å². The van der Waals surface area contributed by atoms with Crippen molar-refractivity contribution in [2.45, 2.75) is 278 Å². The largest absolute Gasteiger partial charge is 0.550 e. The van der Waals surface area contributed by atoms with Crippen molar-refractivity contribution in [3.63, 3.8) is 0 Å². The number of carbonyl (C=O) groups is 2. The van der Waals surface area contributed by atoms with E-state index >= 15 is 0 Å². The van der Waals surface area contributed by atoms with Crippen molar-refractivity contribution in [1.82, 2.24) is 51.2 Å². The summed E-state index contributed by atoms with van der Waals surface area (Å²) in [6.45, 7) is 47.0. The van der Waals surface area contributed by atoms with Gasteiger partial charge in [0.1, 0.15) is 0 Å². The first-order valence-electron chi connectivity index (χ1n) is 29.5. The Labute approximate surface area is 469 Å². The molecule has 0 aromatic carbocycles. The highest BCUT2D eigenvalue weighted by Gasteiger charge is 2.45. The molecule has 442 valence electrons. The fourth-order valence-electron chi connectivity index (χ4n) is 15.3. The highest BCUT2D eigenvalue weighted by atomic mass is 16.4. The van der Waals surface area contributed by atoms with Crippen LogP contribution in [-0.2, 0) is 9.59 Å². The molecule has 0 amide bonds. The predicted molar refractivity (Wildman–Crippen MR) is 312 cm³/mol. The van der Waals surface area contributed by atoms with Gasteiger partial charge in [0, 0.05) is 125 Å². The summed E-state index contributed by atoms with van der Waals surface area (Å²) in [5.41, 5.74) is -2.92. The average Bonchev–Trinajstić information content (AvgIpc) is 3.24. The third-order valence-corrected chi connectivity index (χ3v) is 16.7. The van der Waals surface area contributed by atoms with Crippen LogP contribution in [0.2, 0.25) is 0 Å². The van der Waals surface area contributed by atoms with Gasteiger partial charge < -0.3 is 71.3 Å². The van der Waals surface area contributed by atoms with Gasteiger partial charge in [-0.15, -0.1) is 0 Å². The molecule has 0 radical (unpaired) electrons. The molecule has 4 aliphatic rings. The number of carboxylic acids is 2. The molecule has 0 aliphatic carbocycles. The van der Waals surface area contributed by atoms with Crippen LogP contribution in [0.25, 0.3) is 0 Å². The molecule has 0 saturated carbocycles. The Morgan fingerprint density at radius 1 is 0.436 bits per heavy atom. The van der Waals surface area contributed by atoms with E-state index in [1.807, 2.05) is 0 Å². The lowest BCUT2D eigenvalue weighted by Crippen LogP contribution is -2.62. The number of hydrogen-bond donors (Lipinski definition) is 6. The lowest BCUT2D eigenvalue weighted by Gasteiger charge is -2.50. The number of carboxylic acid groups (broad SMARTS) is 2. The van der Waals surface area contributed by atoms with Crippen LogP contribution >= 0.6 is 0 Å². The molecule has 78 heavy (non-hydrogen) atoms. The van der Waals surface area contributed by atoms with Crippen LogP contribution in [0.5, 0.6) is 0 Å². The molecular formula is C58H104N16O4-2. The fourth-order valence-corrected chi connectivity index (χ4v) is 15.3. The van der Waals surface area contributed by atoms with Gasteiger partial charge in [0.2, 0.25) is 35.7 Å². The Morgan fingerprint density at radius 3 is 0.833 bits per heavy atom. The van der Waals surface area contributed by atoms with Gasteiger partial charge in [0.05, 0.1) is 0 Å². The zero-order valence-electron chi connectivity index (χ0n) is 51.9. The summed E-state index contributed by atoms with van der Waals surface area (Å²) >= 11 is 0. The Hall–Kier alpha value is -4.40. The zero-order chi connectivity index (χ0) is 58.2. The number of aliphatic carboxylic acids is 2. The minimum atomic E-state index is -1.84. The van der Waals surface area contributed by atoms with E-state index in [1.165, 1.54) is 0 Å². The normalized spacial score (nSPS) is 22.8. The summed E-state index contributed by atoms with van der Waals surface area (Å²) in [5, 5.41) is 48.1. The quantitative estimate of drug-likeness (QED) is 0.0773. The van der Waals surface area contributed by atoms with Crippen LogP contribution in [0.3, 0.4) is 0 Å². The maximum atomic E-state index is 13.5. The van der Waals surface area contributed by atoms with Crippen molar-refractivity contribution in [3.05, 3.63) is 0 Å². The van der Waals surface area contributed by atoms with Crippen LogP contribution in [0.1, 0.15) is 209 Å². The Morgan fingerprint density at radius 2 is 0.654 bits per heavy atom. The van der Waals surface area contributed by atoms with E-state index in [2.05, 4.69) is 190 Å². The minimum absolute atomic E-state index is 0.0338. The predicted octanol–water partition coefficient (Wildman–Crippen LogP) is 5.78. The van der Waals surface area contributed by atoms with Crippen LogP contribution in [0.4, 0.5) is 35.7 Å². The summed E-state index contributed by atoms with van der Waals surface area (Å²) in [4.78, 5) is 66.0. The Kier molecular flexibility index (Phi) is 18.7. The number of aromatic nitrogens is 6. The fraction of sp³-hybridized carbons (Fsp3) is 0.862. The van der Waals surface area contributed by atoms with E-state index < -0.39 is 23.8 Å². The summed E-state index contributed by atoms with van der Waals surface area (Å²) in [6, 6.07) is 0.488. The smallest absolute Gasteiger partial charge is 0.232 e. The van der Waals surface area contributed by atoms with Gasteiger partial charge in [-0.2, -0.15) is 29.9 Å². The minimum Gasteiger partial charge on any atom is -0.550 e. The van der Waals surface area contributed by atoms with E-state index in [9.17, 15) is 19.8 Å². The highest BCUT2D eigenvalue weighted by molar-refractivity contribution is 5.79. The molecule has 4 saturated heterocycles. The maximum Gasteiger partial charge on any atom is 0.232 e. The maximum absolute atomic E-state index is 13.5. The van der Waals surface area contributed by atoms with E-state index in [0.717, 1.165) is 51.4 Å². The van der Waals surface area contributed by atoms with E-state index in [-0.39, 0.29) is 106 Å². The number of anilines is 6. The van der Waals surface area contributed by atoms with Crippen LogP contribution < -0.4 is 61.7 Å². The molecule has 2 aromatic heterocycles. The number of carbonyl (C=O) groups excluding carboxylic acids is 2. The SMILES string of the molecule is CCN(c1nc(NCCC(CCNc2nc(N(CC)C3CC(C)(C)NC(C)(C)C3)nc(N(CC)C3CC(C)(C)NC(C)(C)C3)n2)(CC(=O)[O-])C(=O)[O-])nc(N(CC)C2CC(C)(C)NC(C)(C)C2)n1)C1CC(C)(C)NC(C)(C)C1. The Bertz CT molecular complexity index is 2050. The number of nitrogens with zero attached hydrogens (tertiary/aromatic N) is 10. The number of nitrogens with one attached hydrogen (secondary N) is 6. The van der Waals surface area contributed by atoms with Gasteiger partial charge >= 0.3 is 0 Å². The van der Waals surface area contributed by atoms with Gasteiger partial charge in [0.15, 0.2) is 0 Å². The molecule has 0 bridgehead atoms. The molecule has 20 nitrogen and oxygen atoms in total. The highest BCUT2D eigenvalue weighted by Crippen LogP contribution is 2.39. The van der Waals surface area contributed by atoms with Crippen molar-refractivity contribution in [2.24, 2.45) is 5.41 Å². The average molecular weight is 1090 g/mol. The molecule has 4 fully saturated rings. The first kappa shape index (κ1) is 62.8. The molecule has 6 rings (SSSR count). The van der Waals surface area contributed by atoms with Gasteiger partial charge in [-0.05, 0) is 209 Å². The molecule has 2 aromatic rings. The van der Waals surface area contributed by atoms with E-state index in [4.69, 9.17) is 29.9 Å². The lowest BCUT2D eigenvalue weighted by atomic mass is 9.78. The first-order chi connectivity index (χ1) is 35.8. The number of hydrogen-bond acceptors (Lipinski definition) is 20. The van der Waals surface area contributed by atoms with E-state index in [0.29, 0.717) is 50.0 Å². The van der Waals surface area contributed by atoms with Gasteiger partial charge in [-0.25, -0.2) is 0 Å². The zero-order valence-corrected chi connectivity index (χ0v) is 51.9. The van der Waals surface area contributed by atoms with Crippen molar-refractivity contribution < 1.29 is 19.8 Å². The monoisotopic (exact) mass is 1090 g/mol. The molecule has 0 unspecified atom stereocenters. The van der Waals surface area contributed by atoms with Crippen molar-refractivity contribution >= 4 is 47.6 Å². The second-order valence-corrected chi connectivity index (χ2v) is 29.0. The van der Waals surface area contributed by atoms with E-state index in [1.54, 1.807) is 0 Å². The van der Waals surface area contributed by atoms with Gasteiger partial charge in [-0.1, -0.05) is 0 Å². The summed E-state index contributed by atoms with van der Waals surface area (Å²) in [5.74, 6) is -0.219. The standard InChI is InChI=1S/C58H106N16O4/c1-21-71(38-29-50(5,6)67-51(7,8)30-38)46-61-44(62-47(65-46)72(22-2)39-31-52(9,10)68-53(11,12)32-39)59-27-25-58(43(77)78,37-42(75)76)26-28-60-45-63-48(73(23-3)40-33-54(13,14)69-55(15,16)34-40)66-49(64-45)74(24-4)41-35-56(17,18)70-57(19,20)36-41/h38-41,67-70H,21-37H2,1-20H3,(H,75,76)(H,77,78)(H,59,61,62,65)(H,60,63,64,66)/p-2. The number of rotatable bonds is 23. The molecule has 6 N–H and O–H groups in total. The van der Waals surface area contributed by atoms with Crippen LogP contribution in [0, 0.1) is 5.41 Å². The molecule has 4 aliphatic heterocycles. The molecule has 20 heteroatoms. The third-order valence-electron chi connectivity index (χ3n) is 16.7. The van der Waals surface area contributed by atoms with Crippen molar-refractivity contribution in [2.75, 3.05) is 69.5 Å². The topological polar surface area (TPSA) is 243 Å². The van der Waals surface area contributed by atoms with Crippen molar-refractivity contribution in [3.8, 4) is 0 Å². The van der Waals surface area contributed by atoms with Crippen LogP contribution in [0.15, 0.2) is 0 Å². The summed E-state index contributed by atoms with van der Waals surface area (Å²) in [6.07, 6.45) is 5.99. The summed E-state index contributed by atoms with van der Waals surface area (Å²) in [7, 11) is 0. The summed E-state index contributed by atoms with van der Waals surface area (Å²) < 4.78 is 0. The Balaban J connectivity index is 1.33. The lowest BCUT2D eigenvalue weighted by molar-refractivity contribution is -0.329. The second kappa shape index (κ2) is 23.2. The van der Waals surface area contributed by atoms with Crippen LogP contribution in [-0.4, -0.2) is 150 Å². The van der Waals surface area contributed by atoms with Gasteiger partial charge in [0.25, 0.3) is 0 Å². The van der Waals surface area contributed by atoms with Gasteiger partial charge in [-0.3, -0.25) is 0 Å². The second-order valence-electron chi connectivity index (χ2n) is 29.0. The molecule has 0 spiro atoms. The number of piperidine rings is 4.